The molecule has 21 heavy (non-hydrogen) atoms. The van der Waals surface area contributed by atoms with E-state index >= 15 is 0 Å². The zero-order valence-electron chi connectivity index (χ0n) is 13.7. The van der Waals surface area contributed by atoms with Crippen molar-refractivity contribution in [3.8, 4) is 0 Å². The van der Waals surface area contributed by atoms with E-state index in [4.69, 9.17) is 4.52 Å². The molecule has 1 aliphatic heterocycles. The van der Waals surface area contributed by atoms with E-state index in [2.05, 4.69) is 29.2 Å². The van der Waals surface area contributed by atoms with Crippen LogP contribution in [0.1, 0.15) is 62.1 Å². The molecule has 0 spiro atoms. The molecule has 2 fully saturated rings. The number of nitrogens with one attached hydrogen (secondary N) is 1. The smallest absolute Gasteiger partial charge is 0.138 e. The first-order valence-corrected chi connectivity index (χ1v) is 8.57. The quantitative estimate of drug-likeness (QED) is 0.928. The highest BCUT2D eigenvalue weighted by Gasteiger charge is 2.31. The van der Waals surface area contributed by atoms with Gasteiger partial charge in [0.05, 0.1) is 5.69 Å². The maximum atomic E-state index is 5.36. The van der Waals surface area contributed by atoms with Gasteiger partial charge in [-0.2, -0.15) is 0 Å². The van der Waals surface area contributed by atoms with Crippen LogP contribution in [-0.4, -0.2) is 35.7 Å². The SMILES string of the molecule is Cc1noc(C)c1C(C)N1CCNC(C2CCCCC2)C1. The first kappa shape index (κ1) is 15.0. The molecule has 2 aliphatic rings. The van der Waals surface area contributed by atoms with Gasteiger partial charge in [-0.1, -0.05) is 24.4 Å². The minimum atomic E-state index is 0.407. The fourth-order valence-electron chi connectivity index (χ4n) is 4.28. The first-order valence-electron chi connectivity index (χ1n) is 8.57. The van der Waals surface area contributed by atoms with Gasteiger partial charge in [-0.3, -0.25) is 4.90 Å². The van der Waals surface area contributed by atoms with E-state index < -0.39 is 0 Å². The number of aryl methyl sites for hydroxylation is 2. The Labute approximate surface area is 128 Å². The summed E-state index contributed by atoms with van der Waals surface area (Å²) >= 11 is 0. The highest BCUT2D eigenvalue weighted by atomic mass is 16.5. The lowest BCUT2D eigenvalue weighted by molar-refractivity contribution is 0.114. The number of aromatic nitrogens is 1. The van der Waals surface area contributed by atoms with Crippen LogP contribution < -0.4 is 5.32 Å². The number of rotatable bonds is 3. The minimum absolute atomic E-state index is 0.407. The van der Waals surface area contributed by atoms with E-state index in [1.165, 1.54) is 37.7 Å². The minimum Gasteiger partial charge on any atom is -0.361 e. The fraction of sp³-hybridized carbons (Fsp3) is 0.824. The summed E-state index contributed by atoms with van der Waals surface area (Å²) in [6.07, 6.45) is 7.09. The van der Waals surface area contributed by atoms with Crippen molar-refractivity contribution in [2.24, 2.45) is 5.92 Å². The largest absolute Gasteiger partial charge is 0.361 e. The summed E-state index contributed by atoms with van der Waals surface area (Å²) in [6.45, 7) is 9.78. The summed E-state index contributed by atoms with van der Waals surface area (Å²) in [7, 11) is 0. The molecule has 0 amide bonds. The second-order valence-electron chi connectivity index (χ2n) is 6.87. The third-order valence-corrected chi connectivity index (χ3v) is 5.51. The lowest BCUT2D eigenvalue weighted by Crippen LogP contribution is -2.54. The maximum absolute atomic E-state index is 5.36. The summed E-state index contributed by atoms with van der Waals surface area (Å²) in [5.41, 5.74) is 2.34. The van der Waals surface area contributed by atoms with Crippen molar-refractivity contribution >= 4 is 0 Å². The van der Waals surface area contributed by atoms with E-state index in [1.54, 1.807) is 0 Å². The lowest BCUT2D eigenvalue weighted by atomic mass is 9.83. The van der Waals surface area contributed by atoms with Crippen LogP contribution in [0.15, 0.2) is 4.52 Å². The predicted molar refractivity (Wildman–Crippen MR) is 84.3 cm³/mol. The molecule has 1 aliphatic carbocycles. The highest BCUT2D eigenvalue weighted by molar-refractivity contribution is 5.24. The standard InChI is InChI=1S/C17H29N3O/c1-12-17(14(3)21-19-12)13(2)20-10-9-18-16(11-20)15-7-5-4-6-8-15/h13,15-16,18H,4-11H2,1-3H3. The molecule has 0 aromatic carbocycles. The molecule has 4 nitrogen and oxygen atoms in total. The Morgan fingerprint density at radius 2 is 2.00 bits per heavy atom. The van der Waals surface area contributed by atoms with Gasteiger partial charge < -0.3 is 9.84 Å². The maximum Gasteiger partial charge on any atom is 0.138 e. The Kier molecular flexibility index (Phi) is 4.65. The molecule has 1 saturated heterocycles. The summed E-state index contributed by atoms with van der Waals surface area (Å²) in [4.78, 5) is 2.61. The molecule has 118 valence electrons. The van der Waals surface area contributed by atoms with E-state index in [9.17, 15) is 0 Å². The van der Waals surface area contributed by atoms with Crippen molar-refractivity contribution in [3.63, 3.8) is 0 Å². The molecule has 1 aromatic heterocycles. The average Bonchev–Trinajstić information content (AvgIpc) is 2.86. The number of hydrogen-bond donors (Lipinski definition) is 1. The Bertz CT molecular complexity index is 445. The van der Waals surface area contributed by atoms with Gasteiger partial charge in [-0.05, 0) is 39.5 Å². The van der Waals surface area contributed by atoms with Gasteiger partial charge in [-0.15, -0.1) is 0 Å². The average molecular weight is 291 g/mol. The van der Waals surface area contributed by atoms with Crippen molar-refractivity contribution < 1.29 is 4.52 Å². The Balaban J connectivity index is 1.68. The molecule has 2 heterocycles. The van der Waals surface area contributed by atoms with Gasteiger partial charge in [-0.25, -0.2) is 0 Å². The molecule has 0 radical (unpaired) electrons. The van der Waals surface area contributed by atoms with Crippen molar-refractivity contribution in [2.75, 3.05) is 19.6 Å². The molecule has 0 bridgehead atoms. The van der Waals surface area contributed by atoms with Gasteiger partial charge in [0, 0.05) is 37.3 Å². The second-order valence-corrected chi connectivity index (χ2v) is 6.87. The molecule has 4 heteroatoms. The van der Waals surface area contributed by atoms with Crippen LogP contribution in [-0.2, 0) is 0 Å². The summed E-state index contributed by atoms with van der Waals surface area (Å²) in [5, 5.41) is 7.89. The lowest BCUT2D eigenvalue weighted by Gasteiger charge is -2.41. The van der Waals surface area contributed by atoms with Crippen LogP contribution in [0.4, 0.5) is 0 Å². The van der Waals surface area contributed by atoms with Crippen molar-refractivity contribution in [3.05, 3.63) is 17.0 Å². The third-order valence-electron chi connectivity index (χ3n) is 5.51. The topological polar surface area (TPSA) is 41.3 Å². The van der Waals surface area contributed by atoms with E-state index in [1.807, 2.05) is 6.92 Å². The first-order chi connectivity index (χ1) is 10.2. The Hall–Kier alpha value is -0.870. The molecule has 1 aromatic rings. The van der Waals surface area contributed by atoms with Crippen LogP contribution in [0.5, 0.6) is 0 Å². The van der Waals surface area contributed by atoms with Crippen LogP contribution in [0.25, 0.3) is 0 Å². The van der Waals surface area contributed by atoms with Crippen molar-refractivity contribution in [1.82, 2.24) is 15.4 Å². The monoisotopic (exact) mass is 291 g/mol. The number of hydrogen-bond acceptors (Lipinski definition) is 4. The highest BCUT2D eigenvalue weighted by Crippen LogP contribution is 2.31. The van der Waals surface area contributed by atoms with Gasteiger partial charge in [0.1, 0.15) is 5.76 Å². The zero-order valence-corrected chi connectivity index (χ0v) is 13.7. The van der Waals surface area contributed by atoms with Crippen LogP contribution in [0, 0.1) is 19.8 Å². The summed E-state index contributed by atoms with van der Waals surface area (Å²) in [5.74, 6) is 1.85. The molecular formula is C17H29N3O. The van der Waals surface area contributed by atoms with E-state index in [0.717, 1.165) is 37.0 Å². The van der Waals surface area contributed by atoms with E-state index in [0.29, 0.717) is 12.1 Å². The predicted octanol–water partition coefficient (Wildman–Crippen LogP) is 3.21. The Morgan fingerprint density at radius 3 is 2.67 bits per heavy atom. The van der Waals surface area contributed by atoms with E-state index in [-0.39, 0.29) is 0 Å². The number of nitrogens with zero attached hydrogens (tertiary/aromatic N) is 2. The molecule has 2 atom stereocenters. The molecule has 3 rings (SSSR count). The van der Waals surface area contributed by atoms with Gasteiger partial charge in [0.2, 0.25) is 0 Å². The fourth-order valence-corrected chi connectivity index (χ4v) is 4.28. The second kappa shape index (κ2) is 6.49. The van der Waals surface area contributed by atoms with Crippen LogP contribution >= 0.6 is 0 Å². The summed E-state index contributed by atoms with van der Waals surface area (Å²) < 4.78 is 5.36. The molecule has 1 saturated carbocycles. The third kappa shape index (κ3) is 3.16. The van der Waals surface area contributed by atoms with Gasteiger partial charge >= 0.3 is 0 Å². The zero-order chi connectivity index (χ0) is 14.8. The molecular weight excluding hydrogens is 262 g/mol. The number of piperazine rings is 1. The summed E-state index contributed by atoms with van der Waals surface area (Å²) in [6, 6.07) is 1.08. The Morgan fingerprint density at radius 1 is 1.24 bits per heavy atom. The normalized spacial score (nSPS) is 26.9. The molecule has 1 N–H and O–H groups in total. The van der Waals surface area contributed by atoms with Crippen molar-refractivity contribution in [1.29, 1.82) is 0 Å². The van der Waals surface area contributed by atoms with Crippen molar-refractivity contribution in [2.45, 2.75) is 65.0 Å². The van der Waals surface area contributed by atoms with Gasteiger partial charge in [0.15, 0.2) is 0 Å². The molecule has 2 unspecified atom stereocenters. The van der Waals surface area contributed by atoms with Gasteiger partial charge in [0.25, 0.3) is 0 Å². The van der Waals surface area contributed by atoms with Crippen LogP contribution in [0.3, 0.4) is 0 Å². The van der Waals surface area contributed by atoms with Crippen LogP contribution in [0.2, 0.25) is 0 Å².